The van der Waals surface area contributed by atoms with Crippen molar-refractivity contribution >= 4 is 22.8 Å². The van der Waals surface area contributed by atoms with Crippen LogP contribution in [-0.4, -0.2) is 16.7 Å². The number of pyridine rings is 1. The van der Waals surface area contributed by atoms with Gasteiger partial charge in [-0.25, -0.2) is 4.98 Å². The van der Waals surface area contributed by atoms with Crippen LogP contribution >= 0.6 is 0 Å². The fourth-order valence-electron chi connectivity index (χ4n) is 4.43. The summed E-state index contributed by atoms with van der Waals surface area (Å²) in [5, 5.41) is 3.62. The van der Waals surface area contributed by atoms with E-state index < -0.39 is 0 Å². The molecule has 0 spiro atoms. The molecule has 0 atom stereocenters. The van der Waals surface area contributed by atoms with E-state index in [1.54, 1.807) is 7.11 Å². The molecule has 4 heteroatoms. The Bertz CT molecular complexity index is 1460. The van der Waals surface area contributed by atoms with Crippen molar-refractivity contribution in [1.29, 1.82) is 0 Å². The third-order valence-electron chi connectivity index (χ3n) is 6.63. The number of nitrogens with zero attached hydrogens (tertiary/aromatic N) is 3. The van der Waals surface area contributed by atoms with Crippen LogP contribution in [0.5, 0.6) is 5.75 Å². The van der Waals surface area contributed by atoms with Gasteiger partial charge in [-0.2, -0.15) is 4.58 Å². The Balaban J connectivity index is 0.000000384. The molecule has 0 unspecified atom stereocenters. The van der Waals surface area contributed by atoms with Gasteiger partial charge in [0.1, 0.15) is 16.6 Å². The molecule has 0 radical (unpaired) electrons. The number of allylic oxidation sites excluding steroid dienone is 1. The Morgan fingerprint density at radius 3 is 2.36 bits per heavy atom. The molecule has 4 aromatic rings. The average molecular weight is 481 g/mol. The number of rotatable bonds is 9. The monoisotopic (exact) mass is 480 g/mol. The van der Waals surface area contributed by atoms with E-state index in [1.807, 2.05) is 25.3 Å². The lowest BCUT2D eigenvalue weighted by Gasteiger charge is -2.09. The summed E-state index contributed by atoms with van der Waals surface area (Å²) in [6.45, 7) is 11.4. The highest BCUT2D eigenvalue weighted by atomic mass is 16.5. The van der Waals surface area contributed by atoms with Crippen molar-refractivity contribution in [2.45, 2.75) is 59.4 Å². The second-order valence-corrected chi connectivity index (χ2v) is 9.51. The lowest BCUT2D eigenvalue weighted by molar-refractivity contribution is 0.414. The third-order valence-corrected chi connectivity index (χ3v) is 6.63. The number of fused-ring (bicyclic) bond motifs is 2. The molecule has 1 aliphatic heterocycles. The molecule has 186 valence electrons. The van der Waals surface area contributed by atoms with Gasteiger partial charge in [-0.3, -0.25) is 0 Å². The largest absolute Gasteiger partial charge is 0.497 e. The summed E-state index contributed by atoms with van der Waals surface area (Å²) in [6, 6.07) is 19.0. The second kappa shape index (κ2) is 11.9. The number of hydrogen-bond donors (Lipinski definition) is 0. The molecule has 0 amide bonds. The Morgan fingerprint density at radius 2 is 1.72 bits per heavy atom. The van der Waals surface area contributed by atoms with Crippen LogP contribution < -0.4 is 19.9 Å². The van der Waals surface area contributed by atoms with Crippen molar-refractivity contribution in [2.24, 2.45) is 0 Å². The molecule has 0 aliphatic carbocycles. The Kier molecular flexibility index (Phi) is 8.37. The summed E-state index contributed by atoms with van der Waals surface area (Å²) in [6.07, 6.45) is 13.2. The number of benzene rings is 2. The van der Waals surface area contributed by atoms with Crippen LogP contribution in [0.1, 0.15) is 64.0 Å². The van der Waals surface area contributed by atoms with Gasteiger partial charge in [0.05, 0.1) is 7.11 Å². The van der Waals surface area contributed by atoms with E-state index in [9.17, 15) is 0 Å². The molecular formula is C32H38N3O+. The van der Waals surface area contributed by atoms with Gasteiger partial charge >= 0.3 is 0 Å². The minimum absolute atomic E-state index is 0.855. The Morgan fingerprint density at radius 1 is 0.972 bits per heavy atom. The van der Waals surface area contributed by atoms with E-state index in [2.05, 4.69) is 89.4 Å². The first-order chi connectivity index (χ1) is 17.5. The molecule has 0 bridgehead atoms. The maximum absolute atomic E-state index is 5.23. The summed E-state index contributed by atoms with van der Waals surface area (Å²) < 4.78 is 9.64. The van der Waals surface area contributed by atoms with Crippen LogP contribution in [0.4, 0.5) is 0 Å². The van der Waals surface area contributed by atoms with Crippen LogP contribution in [0.25, 0.3) is 28.5 Å². The highest BCUT2D eigenvalue weighted by molar-refractivity contribution is 5.81. The molecule has 36 heavy (non-hydrogen) atoms. The predicted octanol–water partition coefficient (Wildman–Crippen LogP) is 6.49. The molecule has 2 aromatic carbocycles. The van der Waals surface area contributed by atoms with Gasteiger partial charge in [0.15, 0.2) is 12.7 Å². The van der Waals surface area contributed by atoms with Gasteiger partial charge in [-0.05, 0) is 66.6 Å². The van der Waals surface area contributed by atoms with Gasteiger partial charge in [0.25, 0.3) is 0 Å². The SMILES string of the molecule is C=C(C)c1cnc2c(ccn2-c2ccc3c(c2)=C[N+]=3Cc2ccc(OC)cc2)c1.CCCCCCC. The number of aromatic nitrogens is 2. The fraction of sp³-hybridized carbons (Fsp3) is 0.312. The van der Waals surface area contributed by atoms with Gasteiger partial charge in [-0.1, -0.05) is 52.5 Å². The van der Waals surface area contributed by atoms with Crippen molar-refractivity contribution in [3.8, 4) is 11.4 Å². The highest BCUT2D eigenvalue weighted by Crippen LogP contribution is 2.21. The van der Waals surface area contributed by atoms with E-state index >= 15 is 0 Å². The maximum atomic E-state index is 5.23. The molecule has 1 aliphatic rings. The quantitative estimate of drug-likeness (QED) is 0.203. The zero-order chi connectivity index (χ0) is 25.5. The van der Waals surface area contributed by atoms with Gasteiger partial charge in [-0.15, -0.1) is 0 Å². The van der Waals surface area contributed by atoms with Crippen molar-refractivity contribution < 1.29 is 4.74 Å². The van der Waals surface area contributed by atoms with Crippen LogP contribution in [0.3, 0.4) is 0 Å². The minimum Gasteiger partial charge on any atom is -0.497 e. The third kappa shape index (κ3) is 5.76. The maximum Gasteiger partial charge on any atom is 0.219 e. The molecule has 0 N–H and O–H groups in total. The van der Waals surface area contributed by atoms with Crippen molar-refractivity contribution in [3.63, 3.8) is 0 Å². The summed E-state index contributed by atoms with van der Waals surface area (Å²) >= 11 is 0. The molecule has 0 saturated carbocycles. The van der Waals surface area contributed by atoms with Gasteiger partial charge in [0.2, 0.25) is 5.36 Å². The molecular weight excluding hydrogens is 442 g/mol. The normalized spacial score (nSPS) is 11.7. The number of ether oxygens (including phenoxy) is 1. The highest BCUT2D eigenvalue weighted by Gasteiger charge is 2.16. The first kappa shape index (κ1) is 25.4. The van der Waals surface area contributed by atoms with Crippen LogP contribution in [0.2, 0.25) is 0 Å². The van der Waals surface area contributed by atoms with E-state index in [4.69, 9.17) is 4.74 Å². The van der Waals surface area contributed by atoms with Crippen molar-refractivity contribution in [1.82, 2.24) is 14.1 Å². The molecule has 4 nitrogen and oxygen atoms in total. The van der Waals surface area contributed by atoms with E-state index in [0.29, 0.717) is 0 Å². The first-order valence-electron chi connectivity index (χ1n) is 13.1. The van der Waals surface area contributed by atoms with Gasteiger partial charge in [0, 0.05) is 35.1 Å². The smallest absolute Gasteiger partial charge is 0.219 e. The number of methoxy groups -OCH3 is 1. The molecule has 0 fully saturated rings. The minimum atomic E-state index is 0.855. The second-order valence-electron chi connectivity index (χ2n) is 9.51. The topological polar surface area (TPSA) is 30.1 Å². The van der Waals surface area contributed by atoms with Crippen LogP contribution in [0.15, 0.2) is 73.6 Å². The van der Waals surface area contributed by atoms with Crippen molar-refractivity contribution in [2.75, 3.05) is 7.11 Å². The summed E-state index contributed by atoms with van der Waals surface area (Å²) in [7, 11) is 1.69. The average Bonchev–Trinajstić information content (AvgIpc) is 3.31. The van der Waals surface area contributed by atoms with Crippen molar-refractivity contribution in [3.05, 3.63) is 95.3 Å². The number of hydrogen-bond acceptors (Lipinski definition) is 2. The summed E-state index contributed by atoms with van der Waals surface area (Å²) in [5.41, 5.74) is 5.44. The molecule has 2 aromatic heterocycles. The lowest BCUT2D eigenvalue weighted by atomic mass is 10.1. The van der Waals surface area contributed by atoms with E-state index in [-0.39, 0.29) is 0 Å². The van der Waals surface area contributed by atoms with Crippen LogP contribution in [0, 0.1) is 0 Å². The molecule has 3 heterocycles. The standard InChI is InChI=1S/C25H22N3O.C7H16/c1-17(2)20-12-19-10-11-28(25(19)26-14-20)22-6-9-24-21(13-22)16-27(24)15-18-4-7-23(29-3)8-5-18;1-3-5-7-6-4-2/h4-14,16H,1,15H2,2-3H3;3-7H2,1-2H3/q+1;. The zero-order valence-corrected chi connectivity index (χ0v) is 22.1. The summed E-state index contributed by atoms with van der Waals surface area (Å²) in [4.78, 5) is 4.67. The zero-order valence-electron chi connectivity index (χ0n) is 22.1. The van der Waals surface area contributed by atoms with E-state index in [0.717, 1.165) is 40.2 Å². The van der Waals surface area contributed by atoms with Gasteiger partial charge < -0.3 is 9.30 Å². The summed E-state index contributed by atoms with van der Waals surface area (Å²) in [5.74, 6) is 0.884. The van der Waals surface area contributed by atoms with Crippen LogP contribution in [-0.2, 0) is 6.54 Å². The Hall–Kier alpha value is -3.66. The lowest BCUT2D eigenvalue weighted by Crippen LogP contribution is -2.46. The number of unbranched alkanes of at least 4 members (excludes halogenated alkanes) is 4. The van der Waals surface area contributed by atoms with E-state index in [1.165, 1.54) is 48.2 Å². The Labute approximate surface area is 214 Å². The first-order valence-corrected chi connectivity index (χ1v) is 13.1. The fourth-order valence-corrected chi connectivity index (χ4v) is 4.43. The molecule has 0 saturated heterocycles. The molecule has 5 rings (SSSR count). The predicted molar refractivity (Wildman–Crippen MR) is 152 cm³/mol.